The van der Waals surface area contributed by atoms with E-state index in [0.29, 0.717) is 47.2 Å². The van der Waals surface area contributed by atoms with Crippen LogP contribution in [0.3, 0.4) is 0 Å². The number of carbonyl (C=O) groups is 2. The Hall–Kier alpha value is -1.66. The van der Waals surface area contributed by atoms with Gasteiger partial charge in [-0.05, 0) is 12.5 Å². The minimum Gasteiger partial charge on any atom is -0.300 e. The van der Waals surface area contributed by atoms with E-state index < -0.39 is 6.04 Å². The van der Waals surface area contributed by atoms with Gasteiger partial charge < -0.3 is 0 Å². The van der Waals surface area contributed by atoms with Gasteiger partial charge in [-0.15, -0.1) is 11.6 Å². The van der Waals surface area contributed by atoms with Gasteiger partial charge in [0.05, 0.1) is 5.02 Å². The molecule has 0 bridgehead atoms. The van der Waals surface area contributed by atoms with Crippen molar-refractivity contribution < 1.29 is 9.59 Å². The van der Waals surface area contributed by atoms with Gasteiger partial charge in [0.25, 0.3) is 0 Å². The van der Waals surface area contributed by atoms with Crippen LogP contribution in [0, 0.1) is 0 Å². The number of piperidine rings is 1. The summed E-state index contributed by atoms with van der Waals surface area (Å²) in [5.74, 6) is 0.461. The fraction of sp³-hybridized carbons (Fsp3) is 0.385. The van der Waals surface area contributed by atoms with Crippen LogP contribution < -0.4 is 5.32 Å². The summed E-state index contributed by atoms with van der Waals surface area (Å²) in [7, 11) is 0. The first kappa shape index (κ1) is 14.3. The minimum atomic E-state index is -0.500. The van der Waals surface area contributed by atoms with E-state index in [0.717, 1.165) is 0 Å². The number of carbonyl (C=O) groups excluding carboxylic acids is 2. The molecule has 1 unspecified atom stereocenters. The van der Waals surface area contributed by atoms with Crippen molar-refractivity contribution in [1.29, 1.82) is 0 Å². The van der Waals surface area contributed by atoms with Crippen molar-refractivity contribution in [1.82, 2.24) is 19.9 Å². The molecule has 1 N–H and O–H groups in total. The van der Waals surface area contributed by atoms with Gasteiger partial charge in [-0.3, -0.25) is 19.5 Å². The zero-order valence-corrected chi connectivity index (χ0v) is 12.5. The van der Waals surface area contributed by atoms with Gasteiger partial charge in [-0.25, -0.2) is 9.97 Å². The zero-order valence-electron chi connectivity index (χ0n) is 11.0. The molecule has 1 saturated heterocycles. The highest BCUT2D eigenvalue weighted by atomic mass is 35.5. The number of imide groups is 1. The fourth-order valence-corrected chi connectivity index (χ4v) is 2.84. The third-order valence-corrected chi connectivity index (χ3v) is 3.81. The van der Waals surface area contributed by atoms with Crippen LogP contribution in [0.25, 0.3) is 11.2 Å². The number of aromatic nitrogens is 3. The highest BCUT2D eigenvalue weighted by Crippen LogP contribution is 2.27. The van der Waals surface area contributed by atoms with E-state index in [-0.39, 0.29) is 11.8 Å². The number of aryl methyl sites for hydroxylation is 1. The Kier molecular flexibility index (Phi) is 3.82. The van der Waals surface area contributed by atoms with Crippen LogP contribution in [-0.4, -0.2) is 32.2 Å². The van der Waals surface area contributed by atoms with E-state index in [9.17, 15) is 9.59 Å². The van der Waals surface area contributed by atoms with Crippen molar-refractivity contribution in [2.75, 3.05) is 5.88 Å². The van der Waals surface area contributed by atoms with Crippen LogP contribution in [0.15, 0.2) is 12.3 Å². The summed E-state index contributed by atoms with van der Waals surface area (Å²) in [5, 5.41) is 2.83. The topological polar surface area (TPSA) is 76.9 Å². The minimum absolute atomic E-state index is 0.254. The first-order valence-electron chi connectivity index (χ1n) is 6.52. The Morgan fingerprint density at radius 1 is 1.43 bits per heavy atom. The Balaban J connectivity index is 2.12. The molecule has 2 aromatic rings. The maximum absolute atomic E-state index is 12.1. The molecule has 2 aromatic heterocycles. The highest BCUT2D eigenvalue weighted by molar-refractivity contribution is 6.31. The van der Waals surface area contributed by atoms with Gasteiger partial charge in [-0.2, -0.15) is 0 Å². The molecular weight excluding hydrogens is 315 g/mol. The standard InChI is InChI=1S/C13H12Cl2N4O2/c14-4-3-10-17-8-5-7(15)6-16-12(8)19(10)9-1-2-11(20)18-13(9)21/h5-6,9H,1-4H2,(H,18,20,21). The SMILES string of the molecule is O=C1CCC(n2c(CCCl)nc3cc(Cl)cnc32)C(=O)N1. The average Bonchev–Trinajstić information content (AvgIpc) is 2.76. The summed E-state index contributed by atoms with van der Waals surface area (Å²) in [6, 6.07) is 1.20. The van der Waals surface area contributed by atoms with E-state index in [1.54, 1.807) is 10.6 Å². The molecule has 3 rings (SSSR count). The molecule has 6 nitrogen and oxygen atoms in total. The van der Waals surface area contributed by atoms with Crippen LogP contribution >= 0.6 is 23.2 Å². The van der Waals surface area contributed by atoms with Crippen LogP contribution in [0.5, 0.6) is 0 Å². The Labute approximate surface area is 130 Å². The first-order chi connectivity index (χ1) is 10.1. The second-order valence-corrected chi connectivity index (χ2v) is 5.61. The number of nitrogens with one attached hydrogen (secondary N) is 1. The highest BCUT2D eigenvalue weighted by Gasteiger charge is 2.31. The lowest BCUT2D eigenvalue weighted by Crippen LogP contribution is -2.42. The molecule has 0 saturated carbocycles. The molecule has 2 amide bonds. The van der Waals surface area contributed by atoms with E-state index in [1.807, 2.05) is 0 Å². The number of nitrogens with zero attached hydrogens (tertiary/aromatic N) is 3. The molecule has 3 heterocycles. The number of imidazole rings is 1. The molecule has 21 heavy (non-hydrogen) atoms. The summed E-state index contributed by atoms with van der Waals surface area (Å²) in [4.78, 5) is 32.1. The summed E-state index contributed by atoms with van der Waals surface area (Å²) >= 11 is 11.7. The molecule has 110 valence electrons. The van der Waals surface area contributed by atoms with Crippen LogP contribution in [0.2, 0.25) is 5.02 Å². The van der Waals surface area contributed by atoms with Crippen LogP contribution in [-0.2, 0) is 16.0 Å². The maximum atomic E-state index is 12.1. The van der Waals surface area contributed by atoms with Crippen molar-refractivity contribution in [3.8, 4) is 0 Å². The summed E-state index contributed by atoms with van der Waals surface area (Å²) in [6.45, 7) is 0. The summed E-state index contributed by atoms with van der Waals surface area (Å²) in [5.41, 5.74) is 1.20. The number of halogens is 2. The quantitative estimate of drug-likeness (QED) is 0.689. The monoisotopic (exact) mass is 326 g/mol. The predicted octanol–water partition coefficient (Wildman–Crippen LogP) is 1.84. The average molecular weight is 327 g/mol. The molecule has 8 heteroatoms. The van der Waals surface area contributed by atoms with Gasteiger partial charge in [-0.1, -0.05) is 11.6 Å². The maximum Gasteiger partial charge on any atom is 0.249 e. The van der Waals surface area contributed by atoms with Crippen molar-refractivity contribution in [2.24, 2.45) is 0 Å². The second-order valence-electron chi connectivity index (χ2n) is 4.80. The number of fused-ring (bicyclic) bond motifs is 1. The van der Waals surface area contributed by atoms with Gasteiger partial charge in [0.1, 0.15) is 17.4 Å². The van der Waals surface area contributed by atoms with Gasteiger partial charge in [0.2, 0.25) is 11.8 Å². The van der Waals surface area contributed by atoms with Crippen molar-refractivity contribution in [3.63, 3.8) is 0 Å². The lowest BCUT2D eigenvalue weighted by molar-refractivity contribution is -0.135. The lowest BCUT2D eigenvalue weighted by Gasteiger charge is -2.23. The van der Waals surface area contributed by atoms with Gasteiger partial charge in [0, 0.05) is 24.9 Å². The van der Waals surface area contributed by atoms with Crippen molar-refractivity contribution in [2.45, 2.75) is 25.3 Å². The number of rotatable bonds is 3. The summed E-state index contributed by atoms with van der Waals surface area (Å²) in [6.07, 6.45) is 2.74. The largest absolute Gasteiger partial charge is 0.300 e. The first-order valence-corrected chi connectivity index (χ1v) is 7.43. The molecule has 1 aliphatic heterocycles. The van der Waals surface area contributed by atoms with Crippen LogP contribution in [0.4, 0.5) is 0 Å². The number of hydrogen-bond acceptors (Lipinski definition) is 4. The Bertz CT molecular complexity index is 728. The summed E-state index contributed by atoms with van der Waals surface area (Å²) < 4.78 is 1.76. The molecule has 0 aromatic carbocycles. The van der Waals surface area contributed by atoms with E-state index in [2.05, 4.69) is 15.3 Å². The molecular formula is C13H12Cl2N4O2. The Morgan fingerprint density at radius 3 is 2.95 bits per heavy atom. The third-order valence-electron chi connectivity index (χ3n) is 3.41. The molecule has 0 spiro atoms. The molecule has 0 radical (unpaired) electrons. The number of amides is 2. The number of pyridine rings is 1. The van der Waals surface area contributed by atoms with E-state index in [4.69, 9.17) is 23.2 Å². The van der Waals surface area contributed by atoms with Gasteiger partial charge in [0.15, 0.2) is 5.65 Å². The molecule has 1 fully saturated rings. The third kappa shape index (κ3) is 2.61. The second kappa shape index (κ2) is 5.61. The van der Waals surface area contributed by atoms with E-state index >= 15 is 0 Å². The predicted molar refractivity (Wildman–Crippen MR) is 78.4 cm³/mol. The lowest BCUT2D eigenvalue weighted by atomic mass is 10.1. The molecule has 1 aliphatic rings. The molecule has 1 atom stereocenters. The number of hydrogen-bond donors (Lipinski definition) is 1. The normalized spacial score (nSPS) is 19.0. The smallest absolute Gasteiger partial charge is 0.249 e. The van der Waals surface area contributed by atoms with Crippen molar-refractivity contribution in [3.05, 3.63) is 23.1 Å². The molecule has 0 aliphatic carbocycles. The van der Waals surface area contributed by atoms with Gasteiger partial charge >= 0.3 is 0 Å². The van der Waals surface area contributed by atoms with E-state index in [1.165, 1.54) is 6.20 Å². The van der Waals surface area contributed by atoms with Crippen LogP contribution in [0.1, 0.15) is 24.7 Å². The zero-order chi connectivity index (χ0) is 15.0. The van der Waals surface area contributed by atoms with Crippen molar-refractivity contribution >= 4 is 46.2 Å². The Morgan fingerprint density at radius 2 is 2.24 bits per heavy atom. The number of alkyl halides is 1. The fourth-order valence-electron chi connectivity index (χ4n) is 2.52.